The molecule has 0 aliphatic heterocycles. The Morgan fingerprint density at radius 3 is 2.57 bits per heavy atom. The minimum atomic E-state index is 0.112. The maximum Gasteiger partial charge on any atom is 0.212 e. The number of aliphatic imine (C=N–C) groups is 1. The Kier molecular flexibility index (Phi) is 7.37. The molecule has 4 heteroatoms. The van der Waals surface area contributed by atoms with E-state index in [0.717, 1.165) is 24.8 Å². The molecule has 0 aromatic rings. The molecule has 0 atom stereocenters. The minimum absolute atomic E-state index is 0.112. The van der Waals surface area contributed by atoms with Gasteiger partial charge in [0.1, 0.15) is 11.9 Å². The lowest BCUT2D eigenvalue weighted by molar-refractivity contribution is -0.121. The van der Waals surface area contributed by atoms with Crippen molar-refractivity contribution in [1.29, 1.82) is 0 Å². The third-order valence-corrected chi connectivity index (χ3v) is 3.87. The number of hydrogen-bond donors (Lipinski definition) is 1. The molecule has 0 bridgehead atoms. The molecule has 0 aromatic heterocycles. The summed E-state index contributed by atoms with van der Waals surface area (Å²) in [4.78, 5) is 15.5. The summed E-state index contributed by atoms with van der Waals surface area (Å²) < 4.78 is 5.76. The molecule has 1 saturated carbocycles. The highest BCUT2D eigenvalue weighted by molar-refractivity contribution is 5.80. The molecule has 0 spiro atoms. The molecule has 0 heterocycles. The van der Waals surface area contributed by atoms with E-state index in [2.05, 4.69) is 17.0 Å². The largest absolute Gasteiger partial charge is 0.474 e. The number of ether oxygens (including phenoxy) is 1. The molecular weight excluding hydrogens is 264 g/mol. The first-order valence-electron chi connectivity index (χ1n) is 7.67. The van der Waals surface area contributed by atoms with E-state index in [0.29, 0.717) is 24.1 Å². The molecule has 118 valence electrons. The number of hydrogen-bond acceptors (Lipinski definition) is 4. The Balaban J connectivity index is 2.41. The van der Waals surface area contributed by atoms with Crippen LogP contribution in [0.2, 0.25) is 0 Å². The van der Waals surface area contributed by atoms with Crippen molar-refractivity contribution in [1.82, 2.24) is 5.32 Å². The topological polar surface area (TPSA) is 50.7 Å². The highest BCUT2D eigenvalue weighted by Crippen LogP contribution is 2.25. The number of ketones is 1. The molecular formula is C17H28N2O2. The number of rotatable bonds is 9. The summed E-state index contributed by atoms with van der Waals surface area (Å²) in [6.45, 7) is 9.44. The zero-order chi connectivity index (χ0) is 15.8. The second kappa shape index (κ2) is 8.78. The van der Waals surface area contributed by atoms with Crippen LogP contribution in [0.1, 0.15) is 46.5 Å². The molecule has 21 heavy (non-hydrogen) atoms. The molecule has 4 nitrogen and oxygen atoms in total. The summed E-state index contributed by atoms with van der Waals surface area (Å²) in [5.41, 5.74) is 1.15. The Hall–Kier alpha value is -1.42. The lowest BCUT2D eigenvalue weighted by Gasteiger charge is -2.34. The Bertz CT molecular complexity index is 419. The predicted octanol–water partition coefficient (Wildman–Crippen LogP) is 3.25. The molecule has 0 aromatic carbocycles. The van der Waals surface area contributed by atoms with E-state index >= 15 is 0 Å². The van der Waals surface area contributed by atoms with Crippen molar-refractivity contribution in [2.75, 3.05) is 7.05 Å². The van der Waals surface area contributed by atoms with Crippen LogP contribution in [0.25, 0.3) is 0 Å². The molecule has 0 saturated heterocycles. The van der Waals surface area contributed by atoms with Gasteiger partial charge in [-0.25, -0.2) is 4.99 Å². The van der Waals surface area contributed by atoms with Gasteiger partial charge in [0.25, 0.3) is 0 Å². The van der Waals surface area contributed by atoms with E-state index in [4.69, 9.17) is 4.74 Å². The van der Waals surface area contributed by atoms with Crippen LogP contribution in [0.15, 0.2) is 28.6 Å². The van der Waals surface area contributed by atoms with Gasteiger partial charge < -0.3 is 10.1 Å². The van der Waals surface area contributed by atoms with E-state index in [9.17, 15) is 4.79 Å². The van der Waals surface area contributed by atoms with Gasteiger partial charge in [0.2, 0.25) is 5.88 Å². The van der Waals surface area contributed by atoms with Gasteiger partial charge in [0, 0.05) is 24.5 Å². The maximum absolute atomic E-state index is 11.6. The molecule has 0 amide bonds. The van der Waals surface area contributed by atoms with Crippen molar-refractivity contribution in [2.24, 2.45) is 10.9 Å². The Morgan fingerprint density at radius 2 is 2.05 bits per heavy atom. The van der Waals surface area contributed by atoms with E-state index in [1.165, 1.54) is 0 Å². The predicted molar refractivity (Wildman–Crippen MR) is 87.4 cm³/mol. The quantitative estimate of drug-likeness (QED) is 0.403. The first-order chi connectivity index (χ1) is 9.96. The smallest absolute Gasteiger partial charge is 0.212 e. The van der Waals surface area contributed by atoms with Crippen LogP contribution in [0.5, 0.6) is 0 Å². The first-order valence-corrected chi connectivity index (χ1v) is 7.67. The van der Waals surface area contributed by atoms with Crippen molar-refractivity contribution < 1.29 is 9.53 Å². The van der Waals surface area contributed by atoms with Crippen molar-refractivity contribution >= 4 is 12.5 Å². The zero-order valence-corrected chi connectivity index (χ0v) is 13.7. The van der Waals surface area contributed by atoms with Gasteiger partial charge in [-0.15, -0.1) is 0 Å². The van der Waals surface area contributed by atoms with Gasteiger partial charge >= 0.3 is 0 Å². The van der Waals surface area contributed by atoms with E-state index in [1.807, 2.05) is 40.0 Å². The van der Waals surface area contributed by atoms with E-state index in [-0.39, 0.29) is 12.0 Å². The third kappa shape index (κ3) is 6.25. The highest BCUT2D eigenvalue weighted by Gasteiger charge is 2.29. The monoisotopic (exact) mass is 292 g/mol. The number of Topliss-reactive ketones (excluding diaryl/α,β-unsaturated/α-hetero) is 1. The SMILES string of the molecule is C=N/C(=C\C=C(/C)CCC(=O)C(C)C)O[C@H]1C[C@H](NC)C1. The number of allylic oxidation sites excluding steroid dienone is 3. The van der Waals surface area contributed by atoms with Crippen molar-refractivity contribution in [3.8, 4) is 0 Å². The van der Waals surface area contributed by atoms with E-state index in [1.54, 1.807) is 0 Å². The van der Waals surface area contributed by atoms with Crippen LogP contribution >= 0.6 is 0 Å². The van der Waals surface area contributed by atoms with Gasteiger partial charge in [-0.3, -0.25) is 4.79 Å². The minimum Gasteiger partial charge on any atom is -0.474 e. The van der Waals surface area contributed by atoms with Crippen molar-refractivity contribution in [3.05, 3.63) is 23.6 Å². The summed E-state index contributed by atoms with van der Waals surface area (Å²) in [5.74, 6) is 0.975. The number of carbonyl (C=O) groups excluding carboxylic acids is 1. The van der Waals surface area contributed by atoms with Crippen LogP contribution in [-0.2, 0) is 9.53 Å². The van der Waals surface area contributed by atoms with Crippen LogP contribution < -0.4 is 5.32 Å². The molecule has 0 radical (unpaired) electrons. The molecule has 1 aliphatic rings. The molecule has 1 aliphatic carbocycles. The zero-order valence-electron chi connectivity index (χ0n) is 13.7. The Labute approximate surface area is 128 Å². The van der Waals surface area contributed by atoms with Gasteiger partial charge in [-0.2, -0.15) is 0 Å². The molecule has 1 N–H and O–H groups in total. The summed E-state index contributed by atoms with van der Waals surface area (Å²) in [5, 5.41) is 3.22. The number of nitrogens with zero attached hydrogens (tertiary/aromatic N) is 1. The fourth-order valence-corrected chi connectivity index (χ4v) is 2.10. The van der Waals surface area contributed by atoms with Crippen LogP contribution in [0, 0.1) is 5.92 Å². The molecule has 1 fully saturated rings. The second-order valence-electron chi connectivity index (χ2n) is 5.99. The number of nitrogens with one attached hydrogen (secondary N) is 1. The summed E-state index contributed by atoms with van der Waals surface area (Å²) in [7, 11) is 1.97. The van der Waals surface area contributed by atoms with Gasteiger partial charge in [0.15, 0.2) is 0 Å². The first kappa shape index (κ1) is 17.6. The summed E-state index contributed by atoms with van der Waals surface area (Å²) >= 11 is 0. The lowest BCUT2D eigenvalue weighted by Crippen LogP contribution is -2.43. The maximum atomic E-state index is 11.6. The average molecular weight is 292 g/mol. The fraction of sp³-hybridized carbons (Fsp3) is 0.647. The standard InChI is InChI=1S/C17H28N2O2/c1-12(2)16(20)8-6-13(3)7-9-17(19-5)21-15-10-14(11-15)18-4/h7,9,12,14-15,18H,5-6,8,10-11H2,1-4H3/b13-7+,17-9+/t14-,15-. The third-order valence-electron chi connectivity index (χ3n) is 3.87. The van der Waals surface area contributed by atoms with Gasteiger partial charge in [-0.05, 0) is 40.0 Å². The van der Waals surface area contributed by atoms with Gasteiger partial charge in [-0.1, -0.05) is 25.5 Å². The van der Waals surface area contributed by atoms with E-state index < -0.39 is 0 Å². The second-order valence-corrected chi connectivity index (χ2v) is 5.99. The number of carbonyl (C=O) groups is 1. The Morgan fingerprint density at radius 1 is 1.38 bits per heavy atom. The van der Waals surface area contributed by atoms with Gasteiger partial charge in [0.05, 0.1) is 0 Å². The average Bonchev–Trinajstić information content (AvgIpc) is 2.42. The lowest BCUT2D eigenvalue weighted by atomic mass is 9.89. The fourth-order valence-electron chi connectivity index (χ4n) is 2.10. The summed E-state index contributed by atoms with van der Waals surface area (Å²) in [6.07, 6.45) is 7.43. The normalized spacial score (nSPS) is 22.9. The van der Waals surface area contributed by atoms with Crippen molar-refractivity contribution in [2.45, 2.75) is 58.6 Å². The molecule has 1 rings (SSSR count). The van der Waals surface area contributed by atoms with Crippen LogP contribution in [-0.4, -0.2) is 31.7 Å². The molecule has 0 unspecified atom stereocenters. The van der Waals surface area contributed by atoms with Crippen LogP contribution in [0.4, 0.5) is 0 Å². The summed E-state index contributed by atoms with van der Waals surface area (Å²) in [6, 6.07) is 0.556. The van der Waals surface area contributed by atoms with Crippen molar-refractivity contribution in [3.63, 3.8) is 0 Å². The van der Waals surface area contributed by atoms with Crippen LogP contribution in [0.3, 0.4) is 0 Å². The highest BCUT2D eigenvalue weighted by atomic mass is 16.5.